The third-order valence-corrected chi connectivity index (χ3v) is 2.07. The molecule has 0 aliphatic heterocycles. The van der Waals surface area contributed by atoms with Crippen molar-refractivity contribution in [1.29, 1.82) is 0 Å². The van der Waals surface area contributed by atoms with E-state index in [1.807, 2.05) is 6.92 Å². The van der Waals surface area contributed by atoms with Gasteiger partial charge in [-0.15, -0.1) is 0 Å². The zero-order valence-corrected chi connectivity index (χ0v) is 8.83. The summed E-state index contributed by atoms with van der Waals surface area (Å²) in [6, 6.07) is 0. The van der Waals surface area contributed by atoms with E-state index >= 15 is 0 Å². The molecule has 0 aromatic heterocycles. The Kier molecular flexibility index (Phi) is 5.59. The first-order chi connectivity index (χ1) is 5.87. The Morgan fingerprint density at radius 3 is 2.54 bits per heavy atom. The fraction of sp³-hybridized carbons (Fsp3) is 1.00. The monoisotopic (exact) mass is 229 g/mol. The van der Waals surface area contributed by atoms with Crippen molar-refractivity contribution in [1.82, 2.24) is 0 Å². The van der Waals surface area contributed by atoms with Gasteiger partial charge >= 0.3 is 12.9 Å². The smallest absolute Gasteiger partial charge is 0.324 e. The molecule has 0 aliphatic rings. The van der Waals surface area contributed by atoms with Gasteiger partial charge < -0.3 is 9.79 Å². The van der Waals surface area contributed by atoms with Gasteiger partial charge in [-0.1, -0.05) is 13.3 Å². The van der Waals surface area contributed by atoms with Crippen molar-refractivity contribution in [2.24, 2.45) is 0 Å². The average molecular weight is 229 g/mol. The Morgan fingerprint density at radius 2 is 2.23 bits per heavy atom. The van der Waals surface area contributed by atoms with Gasteiger partial charge in [0.15, 0.2) is 0 Å². The molecule has 2 N–H and O–H groups in total. The van der Waals surface area contributed by atoms with Crippen LogP contribution in [0.15, 0.2) is 0 Å². The van der Waals surface area contributed by atoms with Crippen molar-refractivity contribution in [3.8, 4) is 0 Å². The fourth-order valence-corrected chi connectivity index (χ4v) is 1.53. The minimum absolute atomic E-state index is 0.142. The third kappa shape index (κ3) is 7.04. The maximum atomic E-state index is 10.3. The summed E-state index contributed by atoms with van der Waals surface area (Å²) in [5, 5.41) is 10.3. The van der Waals surface area contributed by atoms with Crippen LogP contribution in [0.4, 0.5) is 0 Å². The topological polar surface area (TPSA) is 92.8 Å². The van der Waals surface area contributed by atoms with Gasteiger partial charge in [0.2, 0.25) is 0 Å². The molecule has 0 amide bonds. The highest BCUT2D eigenvalue weighted by molar-refractivity contribution is 8.06. The van der Waals surface area contributed by atoms with E-state index in [2.05, 4.69) is 16.3 Å². The standard InChI is InChI=1S/C5H12NO5PS/c1-2-3-4-5(6(7)8)11-12(9,10)13/h5H,2-4H2,1H3,(H2,9,10,13). The van der Waals surface area contributed by atoms with Crippen LogP contribution in [0.5, 0.6) is 0 Å². The zero-order chi connectivity index (χ0) is 10.5. The molecule has 0 bridgehead atoms. The van der Waals surface area contributed by atoms with Crippen molar-refractivity contribution < 1.29 is 19.2 Å². The van der Waals surface area contributed by atoms with Crippen LogP contribution in [0.25, 0.3) is 0 Å². The second kappa shape index (κ2) is 5.62. The lowest BCUT2D eigenvalue weighted by atomic mass is 10.2. The van der Waals surface area contributed by atoms with Gasteiger partial charge in [0.1, 0.15) is 0 Å². The summed E-state index contributed by atoms with van der Waals surface area (Å²) in [7, 11) is 0. The van der Waals surface area contributed by atoms with Crippen molar-refractivity contribution >= 4 is 18.5 Å². The van der Waals surface area contributed by atoms with E-state index in [-0.39, 0.29) is 6.42 Å². The fourth-order valence-electron chi connectivity index (χ4n) is 0.734. The Labute approximate surface area is 80.9 Å². The van der Waals surface area contributed by atoms with Crippen LogP contribution < -0.4 is 0 Å². The molecule has 0 saturated heterocycles. The summed E-state index contributed by atoms with van der Waals surface area (Å²) < 4.78 is 4.34. The SMILES string of the molecule is CCCCC(OP(O)(O)=S)[N+](=O)[O-]. The second-order valence-electron chi connectivity index (χ2n) is 2.48. The molecule has 6 nitrogen and oxygen atoms in total. The van der Waals surface area contributed by atoms with Gasteiger partial charge in [0, 0.05) is 6.42 Å². The quantitative estimate of drug-likeness (QED) is 0.305. The molecule has 8 heteroatoms. The van der Waals surface area contributed by atoms with Gasteiger partial charge in [-0.25, -0.2) is 4.52 Å². The molecule has 0 fully saturated rings. The minimum atomic E-state index is -3.92. The zero-order valence-electron chi connectivity index (χ0n) is 7.12. The minimum Gasteiger partial charge on any atom is -0.324 e. The van der Waals surface area contributed by atoms with Crippen molar-refractivity contribution in [2.45, 2.75) is 32.4 Å². The first-order valence-corrected chi connectivity index (χ1v) is 6.37. The predicted octanol–water partition coefficient (Wildman–Crippen LogP) is 1.01. The number of nitro groups is 1. The first-order valence-electron chi connectivity index (χ1n) is 3.74. The molecule has 0 aliphatic carbocycles. The van der Waals surface area contributed by atoms with E-state index in [1.165, 1.54) is 0 Å². The van der Waals surface area contributed by atoms with Gasteiger partial charge in [-0.05, 0) is 18.2 Å². The third-order valence-electron chi connectivity index (χ3n) is 1.30. The summed E-state index contributed by atoms with van der Waals surface area (Å²) in [5.41, 5.74) is 0. The van der Waals surface area contributed by atoms with E-state index in [1.54, 1.807) is 0 Å². The van der Waals surface area contributed by atoms with Crippen molar-refractivity contribution in [2.75, 3.05) is 0 Å². The van der Waals surface area contributed by atoms with Gasteiger partial charge in [0.05, 0.1) is 4.92 Å². The molecule has 0 heterocycles. The van der Waals surface area contributed by atoms with Crippen LogP contribution in [0.1, 0.15) is 26.2 Å². The molecule has 0 radical (unpaired) electrons. The molecule has 1 unspecified atom stereocenters. The van der Waals surface area contributed by atoms with Crippen LogP contribution >= 0.6 is 6.72 Å². The number of hydrogen-bond donors (Lipinski definition) is 2. The molecule has 0 spiro atoms. The molecule has 13 heavy (non-hydrogen) atoms. The lowest BCUT2D eigenvalue weighted by Gasteiger charge is -2.12. The summed E-state index contributed by atoms with van der Waals surface area (Å²) in [6.45, 7) is -2.06. The van der Waals surface area contributed by atoms with Crippen LogP contribution in [0, 0.1) is 10.1 Å². The molecule has 0 aromatic rings. The van der Waals surface area contributed by atoms with E-state index in [4.69, 9.17) is 9.79 Å². The van der Waals surface area contributed by atoms with Crippen LogP contribution in [-0.4, -0.2) is 20.9 Å². The summed E-state index contributed by atoms with van der Waals surface area (Å²) >= 11 is 4.13. The summed E-state index contributed by atoms with van der Waals surface area (Å²) in [6.07, 6.45) is 0.0954. The van der Waals surface area contributed by atoms with Gasteiger partial charge in [0.25, 0.3) is 0 Å². The van der Waals surface area contributed by atoms with Gasteiger partial charge in [-0.3, -0.25) is 10.1 Å². The highest BCUT2D eigenvalue weighted by atomic mass is 32.5. The molecule has 0 aromatic carbocycles. The van der Waals surface area contributed by atoms with Crippen LogP contribution in [0.3, 0.4) is 0 Å². The Bertz CT molecular complexity index is 217. The number of rotatable bonds is 6. The first kappa shape index (κ1) is 12.9. The van der Waals surface area contributed by atoms with Gasteiger partial charge in [-0.2, -0.15) is 0 Å². The molecule has 1 atom stereocenters. The van der Waals surface area contributed by atoms with Crippen molar-refractivity contribution in [3.63, 3.8) is 0 Å². The molecular formula is C5H12NO5PS. The molecule has 0 saturated carbocycles. The second-order valence-corrected chi connectivity index (χ2v) is 5.10. The maximum absolute atomic E-state index is 10.3. The predicted molar refractivity (Wildman–Crippen MR) is 50.1 cm³/mol. The van der Waals surface area contributed by atoms with Crippen LogP contribution in [-0.2, 0) is 16.3 Å². The Balaban J connectivity index is 4.11. The largest absolute Gasteiger partial charge is 0.327 e. The number of hydrogen-bond acceptors (Lipinski definition) is 4. The lowest BCUT2D eigenvalue weighted by molar-refractivity contribution is -0.564. The summed E-state index contributed by atoms with van der Waals surface area (Å²) in [5.74, 6) is 0. The van der Waals surface area contributed by atoms with E-state index in [0.29, 0.717) is 6.42 Å². The normalized spacial score (nSPS) is 14.1. The molecule has 78 valence electrons. The highest BCUT2D eigenvalue weighted by Gasteiger charge is 2.26. The summed E-state index contributed by atoms with van der Waals surface area (Å²) in [4.78, 5) is 27.0. The van der Waals surface area contributed by atoms with E-state index in [9.17, 15) is 10.1 Å². The lowest BCUT2D eigenvalue weighted by Crippen LogP contribution is -2.21. The molecular weight excluding hydrogens is 217 g/mol. The van der Waals surface area contributed by atoms with Crippen molar-refractivity contribution in [3.05, 3.63) is 10.1 Å². The maximum Gasteiger partial charge on any atom is 0.327 e. The Morgan fingerprint density at radius 1 is 1.69 bits per heavy atom. The highest BCUT2D eigenvalue weighted by Crippen LogP contribution is 2.39. The Hall–Kier alpha value is -0.0700. The number of unbranched alkanes of at least 4 members (excludes halogenated alkanes) is 1. The number of nitrogens with zero attached hydrogens (tertiary/aromatic N) is 1. The average Bonchev–Trinajstić information content (AvgIpc) is 1.95. The van der Waals surface area contributed by atoms with E-state index < -0.39 is 17.9 Å². The van der Waals surface area contributed by atoms with Crippen LogP contribution in [0.2, 0.25) is 0 Å². The van der Waals surface area contributed by atoms with E-state index in [0.717, 1.165) is 6.42 Å². The molecule has 0 rings (SSSR count).